The lowest BCUT2D eigenvalue weighted by atomic mass is 10.1. The minimum Gasteiger partial charge on any atom is -0.502 e. The van der Waals surface area contributed by atoms with E-state index in [1.807, 2.05) is 0 Å². The van der Waals surface area contributed by atoms with Crippen LogP contribution in [-0.2, 0) is 19.1 Å². The first-order valence-corrected chi connectivity index (χ1v) is 6.31. The minimum atomic E-state index is -1.70. The molecule has 9 nitrogen and oxygen atoms in total. The summed E-state index contributed by atoms with van der Waals surface area (Å²) in [4.78, 5) is 32.8. The van der Waals surface area contributed by atoms with Crippen molar-refractivity contribution in [3.05, 3.63) is 35.6 Å². The molecule has 0 unspecified atom stereocenters. The van der Waals surface area contributed by atoms with Crippen molar-refractivity contribution in [2.75, 3.05) is 14.2 Å². The largest absolute Gasteiger partial charge is 0.502 e. The van der Waals surface area contributed by atoms with E-state index in [0.29, 0.717) is 5.56 Å². The van der Waals surface area contributed by atoms with Crippen molar-refractivity contribution in [2.24, 2.45) is 0 Å². The molecule has 0 radical (unpaired) electrons. The number of methoxy groups -OCH3 is 2. The fourth-order valence-corrected chi connectivity index (χ4v) is 1.56. The fourth-order valence-electron chi connectivity index (χ4n) is 1.56. The van der Waals surface area contributed by atoms with Crippen molar-refractivity contribution in [3.8, 4) is 17.2 Å². The molecule has 0 aliphatic carbocycles. The molecule has 0 bridgehead atoms. The number of carbonyl (C=O) groups is 3. The zero-order chi connectivity index (χ0) is 18.3. The van der Waals surface area contributed by atoms with E-state index in [1.54, 1.807) is 0 Å². The smallest absolute Gasteiger partial charge is 0.372 e. The van der Waals surface area contributed by atoms with Gasteiger partial charge < -0.3 is 29.5 Å². The third kappa shape index (κ3) is 5.05. The summed E-state index contributed by atoms with van der Waals surface area (Å²) in [5.41, 5.74) is 0.387. The Kier molecular flexibility index (Phi) is 6.36. The Bertz CT molecular complexity index is 691. The van der Waals surface area contributed by atoms with E-state index in [2.05, 4.69) is 4.74 Å². The minimum absolute atomic E-state index is 0.0966. The van der Waals surface area contributed by atoms with Gasteiger partial charge in [-0.25, -0.2) is 14.4 Å². The summed E-state index contributed by atoms with van der Waals surface area (Å²) < 4.78 is 14.3. The average Bonchev–Trinajstić information content (AvgIpc) is 2.52. The zero-order valence-corrected chi connectivity index (χ0v) is 12.7. The second-order valence-corrected chi connectivity index (χ2v) is 4.18. The zero-order valence-electron chi connectivity index (χ0n) is 12.7. The molecule has 128 valence electrons. The van der Waals surface area contributed by atoms with Gasteiger partial charge in [0.1, 0.15) is 0 Å². The summed E-state index contributed by atoms with van der Waals surface area (Å²) in [6.45, 7) is 0. The third-order valence-corrected chi connectivity index (χ3v) is 2.59. The van der Waals surface area contributed by atoms with Crippen LogP contribution in [0, 0.1) is 0 Å². The molecule has 1 rings (SSSR count). The van der Waals surface area contributed by atoms with E-state index in [0.717, 1.165) is 6.08 Å². The molecule has 0 aliphatic heterocycles. The van der Waals surface area contributed by atoms with Crippen LogP contribution in [0.4, 0.5) is 0 Å². The molecule has 0 saturated carbocycles. The van der Waals surface area contributed by atoms with Crippen LogP contribution in [0.25, 0.3) is 6.08 Å². The molecule has 0 spiro atoms. The van der Waals surface area contributed by atoms with Gasteiger partial charge in [-0.1, -0.05) is 0 Å². The molecule has 9 heteroatoms. The molecule has 24 heavy (non-hydrogen) atoms. The number of carboxylic acid groups (broad SMARTS) is 2. The summed E-state index contributed by atoms with van der Waals surface area (Å²) in [5.74, 6) is -5.44. The van der Waals surface area contributed by atoms with Gasteiger partial charge >= 0.3 is 17.9 Å². The van der Waals surface area contributed by atoms with Crippen molar-refractivity contribution < 1.29 is 43.9 Å². The predicted molar refractivity (Wildman–Crippen MR) is 79.7 cm³/mol. The molecule has 0 fully saturated rings. The Balaban J connectivity index is 2.98. The lowest BCUT2D eigenvalue weighted by Crippen LogP contribution is -2.11. The first kappa shape index (κ1) is 18.6. The van der Waals surface area contributed by atoms with E-state index in [-0.39, 0.29) is 23.3 Å². The molecule has 0 aliphatic rings. The Labute approximate surface area is 136 Å². The van der Waals surface area contributed by atoms with E-state index in [4.69, 9.17) is 19.7 Å². The summed E-state index contributed by atoms with van der Waals surface area (Å²) in [7, 11) is 2.65. The summed E-state index contributed by atoms with van der Waals surface area (Å²) in [6, 6.07) is 2.79. The quantitative estimate of drug-likeness (QED) is 0.377. The van der Waals surface area contributed by atoms with Crippen LogP contribution in [0.1, 0.15) is 5.56 Å². The van der Waals surface area contributed by atoms with Crippen LogP contribution in [0.3, 0.4) is 0 Å². The Hall–Kier alpha value is -3.49. The van der Waals surface area contributed by atoms with Crippen LogP contribution in [0.2, 0.25) is 0 Å². The van der Waals surface area contributed by atoms with Gasteiger partial charge in [0.2, 0.25) is 11.5 Å². The maximum absolute atomic E-state index is 11.6. The average molecular weight is 338 g/mol. The van der Waals surface area contributed by atoms with E-state index in [9.17, 15) is 19.5 Å². The molecule has 0 saturated heterocycles. The van der Waals surface area contributed by atoms with Crippen molar-refractivity contribution in [1.82, 2.24) is 0 Å². The number of hydrogen-bond acceptors (Lipinski definition) is 7. The molecule has 0 atom stereocenters. The highest BCUT2D eigenvalue weighted by Crippen LogP contribution is 2.37. The first-order chi connectivity index (χ1) is 11.3. The molecule has 0 aromatic heterocycles. The highest BCUT2D eigenvalue weighted by Gasteiger charge is 2.15. The number of aromatic hydroxyl groups is 1. The monoisotopic (exact) mass is 338 g/mol. The Morgan fingerprint density at radius 2 is 1.58 bits per heavy atom. The summed E-state index contributed by atoms with van der Waals surface area (Å²) in [6.07, 6.45) is 2.37. The van der Waals surface area contributed by atoms with Crippen molar-refractivity contribution >= 4 is 24.0 Å². The van der Waals surface area contributed by atoms with Crippen molar-refractivity contribution in [2.45, 2.75) is 0 Å². The molecule has 1 aromatic carbocycles. The van der Waals surface area contributed by atoms with Crippen molar-refractivity contribution in [3.63, 3.8) is 0 Å². The van der Waals surface area contributed by atoms with Gasteiger partial charge in [0, 0.05) is 6.08 Å². The number of carbonyl (C=O) groups excluding carboxylic acids is 1. The van der Waals surface area contributed by atoms with Crippen LogP contribution in [0.5, 0.6) is 17.2 Å². The van der Waals surface area contributed by atoms with Gasteiger partial charge in [0.25, 0.3) is 0 Å². The van der Waals surface area contributed by atoms with E-state index >= 15 is 0 Å². The molecular weight excluding hydrogens is 324 g/mol. The standard InChI is InChI=1S/C15H14O9/c1-22-9-5-8(6-10(23-2)14(9)19)3-4-13(18)24-11(15(20)21)7-12(16)17/h3-7,19H,1-2H3,(H,16,17)(H,20,21)/b4-3+,11-7+. The predicted octanol–water partition coefficient (Wildman–Crippen LogP) is 1.02. The third-order valence-electron chi connectivity index (χ3n) is 2.59. The maximum Gasteiger partial charge on any atom is 0.372 e. The number of phenolic OH excluding ortho intramolecular Hbond substituents is 1. The number of benzene rings is 1. The number of ether oxygens (including phenoxy) is 3. The van der Waals surface area contributed by atoms with Crippen molar-refractivity contribution in [1.29, 1.82) is 0 Å². The highest BCUT2D eigenvalue weighted by molar-refractivity contribution is 5.97. The molecular formula is C15H14O9. The Morgan fingerprint density at radius 3 is 2.00 bits per heavy atom. The lowest BCUT2D eigenvalue weighted by molar-refractivity contribution is -0.145. The normalized spacial score (nSPS) is 11.2. The van der Waals surface area contributed by atoms with E-state index < -0.39 is 23.7 Å². The van der Waals surface area contributed by atoms with Gasteiger partial charge in [-0.15, -0.1) is 0 Å². The summed E-state index contributed by atoms with van der Waals surface area (Å²) >= 11 is 0. The van der Waals surface area contributed by atoms with Crippen LogP contribution in [0.15, 0.2) is 30.0 Å². The van der Waals surface area contributed by atoms with E-state index in [1.165, 1.54) is 32.4 Å². The molecule has 0 heterocycles. The first-order valence-electron chi connectivity index (χ1n) is 6.31. The number of aliphatic carboxylic acids is 2. The van der Waals surface area contributed by atoms with Gasteiger partial charge in [-0.2, -0.15) is 0 Å². The highest BCUT2D eigenvalue weighted by atomic mass is 16.6. The van der Waals surface area contributed by atoms with Crippen LogP contribution in [-0.4, -0.2) is 47.4 Å². The molecule has 0 amide bonds. The number of carboxylic acids is 2. The molecule has 3 N–H and O–H groups in total. The van der Waals surface area contributed by atoms with Crippen LogP contribution >= 0.6 is 0 Å². The van der Waals surface area contributed by atoms with Gasteiger partial charge in [0.05, 0.1) is 20.3 Å². The summed E-state index contributed by atoms with van der Waals surface area (Å²) in [5, 5.41) is 27.0. The second-order valence-electron chi connectivity index (χ2n) is 4.18. The van der Waals surface area contributed by atoms with Gasteiger partial charge in [-0.05, 0) is 23.8 Å². The molecule has 1 aromatic rings. The number of hydrogen-bond donors (Lipinski definition) is 3. The SMILES string of the molecule is COc1cc(/C=C/C(=O)O/C(=C/C(=O)O)C(=O)O)cc(OC)c1O. The lowest BCUT2D eigenvalue weighted by Gasteiger charge is -2.09. The second kappa shape index (κ2) is 8.22. The van der Waals surface area contributed by atoms with Gasteiger partial charge in [-0.3, -0.25) is 0 Å². The van der Waals surface area contributed by atoms with Crippen LogP contribution < -0.4 is 9.47 Å². The Morgan fingerprint density at radius 1 is 1.04 bits per heavy atom. The fraction of sp³-hybridized carbons (Fsp3) is 0.133. The number of esters is 1. The topological polar surface area (TPSA) is 140 Å². The number of phenols is 1. The maximum atomic E-state index is 11.6. The number of rotatable bonds is 7. The van der Waals surface area contributed by atoms with Gasteiger partial charge in [0.15, 0.2) is 11.5 Å².